The summed E-state index contributed by atoms with van der Waals surface area (Å²) >= 11 is 6.24. The molecular formula is C12H15ClN4. The van der Waals surface area contributed by atoms with Gasteiger partial charge in [-0.2, -0.15) is 0 Å². The molecule has 0 fully saturated rings. The number of aryl methyl sites for hydroxylation is 2. The summed E-state index contributed by atoms with van der Waals surface area (Å²) in [4.78, 5) is 4.29. The van der Waals surface area contributed by atoms with Gasteiger partial charge in [-0.25, -0.2) is 10.4 Å². The first-order valence-corrected chi connectivity index (χ1v) is 5.70. The van der Waals surface area contributed by atoms with Crippen LogP contribution in [0.1, 0.15) is 23.0 Å². The van der Waals surface area contributed by atoms with Crippen molar-refractivity contribution in [2.45, 2.75) is 13.0 Å². The van der Waals surface area contributed by atoms with Gasteiger partial charge in [0.25, 0.3) is 0 Å². The number of hydrogen-bond acceptors (Lipinski definition) is 3. The lowest BCUT2D eigenvalue weighted by Crippen LogP contribution is -2.31. The molecule has 3 N–H and O–H groups in total. The van der Waals surface area contributed by atoms with Gasteiger partial charge in [0, 0.05) is 24.5 Å². The van der Waals surface area contributed by atoms with E-state index >= 15 is 0 Å². The molecule has 2 rings (SSSR count). The van der Waals surface area contributed by atoms with Gasteiger partial charge >= 0.3 is 0 Å². The van der Waals surface area contributed by atoms with E-state index < -0.39 is 0 Å². The number of imidazole rings is 1. The van der Waals surface area contributed by atoms with E-state index in [4.69, 9.17) is 17.4 Å². The number of halogens is 1. The second kappa shape index (κ2) is 4.87. The Labute approximate surface area is 105 Å². The minimum Gasteiger partial charge on any atom is -0.336 e. The van der Waals surface area contributed by atoms with Crippen LogP contribution in [0.4, 0.5) is 0 Å². The van der Waals surface area contributed by atoms with Gasteiger partial charge in [-0.3, -0.25) is 5.84 Å². The molecule has 5 heteroatoms. The Morgan fingerprint density at radius 1 is 1.47 bits per heavy atom. The highest BCUT2D eigenvalue weighted by atomic mass is 35.5. The fourth-order valence-electron chi connectivity index (χ4n) is 1.82. The smallest absolute Gasteiger partial charge is 0.131 e. The van der Waals surface area contributed by atoms with Crippen molar-refractivity contribution in [2.75, 3.05) is 0 Å². The average Bonchev–Trinajstić information content (AvgIpc) is 2.69. The predicted molar refractivity (Wildman–Crippen MR) is 68.6 cm³/mol. The van der Waals surface area contributed by atoms with E-state index in [1.165, 1.54) is 0 Å². The summed E-state index contributed by atoms with van der Waals surface area (Å²) in [7, 11) is 1.93. The quantitative estimate of drug-likeness (QED) is 0.647. The maximum absolute atomic E-state index is 6.24. The number of hydrazine groups is 1. The molecule has 0 spiro atoms. The summed E-state index contributed by atoms with van der Waals surface area (Å²) < 4.78 is 1.92. The van der Waals surface area contributed by atoms with Gasteiger partial charge < -0.3 is 4.57 Å². The maximum atomic E-state index is 6.24. The summed E-state index contributed by atoms with van der Waals surface area (Å²) in [6.07, 6.45) is 3.61. The Morgan fingerprint density at radius 2 is 2.24 bits per heavy atom. The Balaban J connectivity index is 2.46. The van der Waals surface area contributed by atoms with Crippen molar-refractivity contribution in [3.8, 4) is 0 Å². The molecule has 90 valence electrons. The standard InChI is InChI=1S/C12H15ClN4/c1-8-3-4-9(10(13)7-8)11(16-14)12-15-5-6-17(12)2/h3-7,11,16H,14H2,1-2H3. The number of benzene rings is 1. The number of hydrogen-bond donors (Lipinski definition) is 2. The Morgan fingerprint density at radius 3 is 2.76 bits per heavy atom. The summed E-state index contributed by atoms with van der Waals surface area (Å²) in [6.45, 7) is 2.00. The fourth-order valence-corrected chi connectivity index (χ4v) is 2.17. The minimum absolute atomic E-state index is 0.205. The molecule has 0 radical (unpaired) electrons. The van der Waals surface area contributed by atoms with Gasteiger partial charge in [0.1, 0.15) is 11.9 Å². The topological polar surface area (TPSA) is 55.9 Å². The van der Waals surface area contributed by atoms with Crippen molar-refractivity contribution < 1.29 is 0 Å². The van der Waals surface area contributed by atoms with Crippen molar-refractivity contribution >= 4 is 11.6 Å². The molecule has 0 saturated heterocycles. The first-order valence-electron chi connectivity index (χ1n) is 5.33. The Bertz CT molecular complexity index is 521. The van der Waals surface area contributed by atoms with Crippen LogP contribution in [0.5, 0.6) is 0 Å². The number of rotatable bonds is 3. The van der Waals surface area contributed by atoms with Crippen molar-refractivity contribution in [3.63, 3.8) is 0 Å². The number of nitrogens with zero attached hydrogens (tertiary/aromatic N) is 2. The lowest BCUT2D eigenvalue weighted by atomic mass is 10.0. The van der Waals surface area contributed by atoms with E-state index in [2.05, 4.69) is 10.4 Å². The van der Waals surface area contributed by atoms with Gasteiger partial charge in [0.2, 0.25) is 0 Å². The van der Waals surface area contributed by atoms with E-state index in [0.717, 1.165) is 17.0 Å². The van der Waals surface area contributed by atoms with Crippen LogP contribution < -0.4 is 11.3 Å². The summed E-state index contributed by atoms with van der Waals surface area (Å²) in [6, 6.07) is 5.69. The summed E-state index contributed by atoms with van der Waals surface area (Å²) in [5.41, 5.74) is 4.80. The van der Waals surface area contributed by atoms with Crippen LogP contribution in [-0.4, -0.2) is 9.55 Å². The molecule has 1 aromatic heterocycles. The van der Waals surface area contributed by atoms with Gasteiger partial charge in [-0.05, 0) is 24.1 Å². The molecule has 0 aliphatic heterocycles. The predicted octanol–water partition coefficient (Wildman–Crippen LogP) is 1.93. The van der Waals surface area contributed by atoms with Crippen LogP contribution in [0.2, 0.25) is 5.02 Å². The van der Waals surface area contributed by atoms with E-state index in [9.17, 15) is 0 Å². The van der Waals surface area contributed by atoms with Crippen molar-refractivity contribution in [3.05, 3.63) is 52.6 Å². The van der Waals surface area contributed by atoms with Crippen molar-refractivity contribution in [1.82, 2.24) is 15.0 Å². The average molecular weight is 251 g/mol. The first-order chi connectivity index (χ1) is 8.13. The van der Waals surface area contributed by atoms with Crippen LogP contribution in [0.15, 0.2) is 30.6 Å². The molecule has 1 heterocycles. The monoisotopic (exact) mass is 250 g/mol. The number of nitrogens with two attached hydrogens (primary N) is 1. The third kappa shape index (κ3) is 2.34. The lowest BCUT2D eigenvalue weighted by Gasteiger charge is -2.17. The zero-order valence-corrected chi connectivity index (χ0v) is 10.6. The largest absolute Gasteiger partial charge is 0.336 e. The van der Waals surface area contributed by atoms with E-state index in [0.29, 0.717) is 5.02 Å². The Kier molecular flexibility index (Phi) is 3.47. The first kappa shape index (κ1) is 12.1. The van der Waals surface area contributed by atoms with Crippen LogP contribution in [0.25, 0.3) is 0 Å². The molecule has 2 aromatic rings. The SMILES string of the molecule is Cc1ccc(C(NN)c2nccn2C)c(Cl)c1. The zero-order chi connectivity index (χ0) is 12.4. The van der Waals surface area contributed by atoms with Crippen molar-refractivity contribution in [2.24, 2.45) is 12.9 Å². The molecule has 1 unspecified atom stereocenters. The summed E-state index contributed by atoms with van der Waals surface area (Å²) in [5, 5.41) is 0.691. The molecule has 0 aliphatic rings. The third-order valence-electron chi connectivity index (χ3n) is 2.75. The van der Waals surface area contributed by atoms with Crippen LogP contribution in [0.3, 0.4) is 0 Å². The van der Waals surface area contributed by atoms with Crippen LogP contribution in [-0.2, 0) is 7.05 Å². The summed E-state index contributed by atoms with van der Waals surface area (Å²) in [5.74, 6) is 6.44. The minimum atomic E-state index is -0.205. The van der Waals surface area contributed by atoms with E-state index in [1.807, 2.05) is 42.9 Å². The molecule has 17 heavy (non-hydrogen) atoms. The highest BCUT2D eigenvalue weighted by molar-refractivity contribution is 6.31. The lowest BCUT2D eigenvalue weighted by molar-refractivity contribution is 0.580. The molecule has 0 amide bonds. The second-order valence-corrected chi connectivity index (χ2v) is 4.43. The van der Waals surface area contributed by atoms with Gasteiger partial charge in [0.05, 0.1) is 0 Å². The number of nitrogens with one attached hydrogen (secondary N) is 1. The third-order valence-corrected chi connectivity index (χ3v) is 3.08. The van der Waals surface area contributed by atoms with E-state index in [-0.39, 0.29) is 6.04 Å². The normalized spacial score (nSPS) is 12.7. The molecule has 1 atom stereocenters. The van der Waals surface area contributed by atoms with E-state index in [1.54, 1.807) is 6.20 Å². The van der Waals surface area contributed by atoms with Crippen molar-refractivity contribution in [1.29, 1.82) is 0 Å². The molecular weight excluding hydrogens is 236 g/mol. The molecule has 4 nitrogen and oxygen atoms in total. The molecule has 0 bridgehead atoms. The van der Waals surface area contributed by atoms with Crippen LogP contribution in [0, 0.1) is 6.92 Å². The van der Waals surface area contributed by atoms with Gasteiger partial charge in [0.15, 0.2) is 0 Å². The molecule has 0 saturated carbocycles. The zero-order valence-electron chi connectivity index (χ0n) is 9.81. The second-order valence-electron chi connectivity index (χ2n) is 4.02. The van der Waals surface area contributed by atoms with Gasteiger partial charge in [-0.1, -0.05) is 23.7 Å². The molecule has 1 aromatic carbocycles. The van der Waals surface area contributed by atoms with Gasteiger partial charge in [-0.15, -0.1) is 0 Å². The molecule has 0 aliphatic carbocycles. The van der Waals surface area contributed by atoms with Crippen LogP contribution >= 0.6 is 11.6 Å². The maximum Gasteiger partial charge on any atom is 0.131 e. The highest BCUT2D eigenvalue weighted by Crippen LogP contribution is 2.27. The highest BCUT2D eigenvalue weighted by Gasteiger charge is 2.19. The fraction of sp³-hybridized carbons (Fsp3) is 0.250. The number of aromatic nitrogens is 2. The Hall–Kier alpha value is -1.36.